The van der Waals surface area contributed by atoms with Gasteiger partial charge in [0.05, 0.1) is 17.4 Å². The van der Waals surface area contributed by atoms with E-state index in [4.69, 9.17) is 11.6 Å². The van der Waals surface area contributed by atoms with Gasteiger partial charge in [0.25, 0.3) is 5.56 Å². The van der Waals surface area contributed by atoms with E-state index < -0.39 is 0 Å². The van der Waals surface area contributed by atoms with E-state index in [0.717, 1.165) is 22.0 Å². The minimum absolute atomic E-state index is 0.0264. The first-order chi connectivity index (χ1) is 10.7. The van der Waals surface area contributed by atoms with Gasteiger partial charge in [0.2, 0.25) is 0 Å². The third kappa shape index (κ3) is 2.89. The number of rotatable bonds is 4. The second-order valence-corrected chi connectivity index (χ2v) is 6.47. The summed E-state index contributed by atoms with van der Waals surface area (Å²) in [5, 5.41) is 2.02. The van der Waals surface area contributed by atoms with E-state index >= 15 is 0 Å². The SMILES string of the molecule is CCSc1nc2ccccc2c(=O)n1Cc1ccccc1Cl. The van der Waals surface area contributed by atoms with E-state index in [1.807, 2.05) is 55.5 Å². The van der Waals surface area contributed by atoms with Crippen LogP contribution in [0.3, 0.4) is 0 Å². The standard InChI is InChI=1S/C17H15ClN2OS/c1-2-22-17-19-15-10-6-4-8-13(15)16(21)20(17)11-12-7-3-5-9-14(12)18/h3-10H,2,11H2,1H3. The molecule has 0 saturated carbocycles. The molecule has 0 unspecified atom stereocenters. The van der Waals surface area contributed by atoms with E-state index in [0.29, 0.717) is 17.0 Å². The summed E-state index contributed by atoms with van der Waals surface area (Å²) in [5.41, 5.74) is 1.63. The fraction of sp³-hybridized carbons (Fsp3) is 0.176. The molecule has 1 aromatic heterocycles. The molecule has 0 aliphatic rings. The number of benzene rings is 2. The van der Waals surface area contributed by atoms with Gasteiger partial charge in [-0.2, -0.15) is 0 Å². The van der Waals surface area contributed by atoms with Crippen LogP contribution in [0.1, 0.15) is 12.5 Å². The predicted molar refractivity (Wildman–Crippen MR) is 93.0 cm³/mol. The maximum atomic E-state index is 12.8. The second-order valence-electron chi connectivity index (χ2n) is 4.83. The van der Waals surface area contributed by atoms with Crippen LogP contribution in [0.2, 0.25) is 5.02 Å². The highest BCUT2D eigenvalue weighted by molar-refractivity contribution is 7.99. The van der Waals surface area contributed by atoms with Crippen molar-refractivity contribution in [3.05, 3.63) is 69.5 Å². The zero-order valence-corrected chi connectivity index (χ0v) is 13.7. The first-order valence-corrected chi connectivity index (χ1v) is 8.43. The highest BCUT2D eigenvalue weighted by atomic mass is 35.5. The first-order valence-electron chi connectivity index (χ1n) is 7.06. The van der Waals surface area contributed by atoms with Crippen molar-refractivity contribution in [2.24, 2.45) is 0 Å². The van der Waals surface area contributed by atoms with Gasteiger partial charge in [-0.25, -0.2) is 4.98 Å². The number of fused-ring (bicyclic) bond motifs is 1. The van der Waals surface area contributed by atoms with Crippen LogP contribution in [0.15, 0.2) is 58.5 Å². The monoisotopic (exact) mass is 330 g/mol. The largest absolute Gasteiger partial charge is 0.283 e. The molecule has 5 heteroatoms. The van der Waals surface area contributed by atoms with Crippen LogP contribution in [0.5, 0.6) is 0 Å². The van der Waals surface area contributed by atoms with Crippen LogP contribution in [0, 0.1) is 0 Å². The molecule has 3 rings (SSSR count). The summed E-state index contributed by atoms with van der Waals surface area (Å²) in [6, 6.07) is 15.0. The Balaban J connectivity index is 2.18. The van der Waals surface area contributed by atoms with E-state index in [1.54, 1.807) is 16.3 Å². The lowest BCUT2D eigenvalue weighted by Crippen LogP contribution is -2.24. The highest BCUT2D eigenvalue weighted by Gasteiger charge is 2.12. The minimum atomic E-state index is -0.0264. The van der Waals surface area contributed by atoms with E-state index in [2.05, 4.69) is 4.98 Å². The highest BCUT2D eigenvalue weighted by Crippen LogP contribution is 2.21. The number of aromatic nitrogens is 2. The Morgan fingerprint density at radius 1 is 1.14 bits per heavy atom. The molecule has 0 radical (unpaired) electrons. The number of halogens is 1. The Morgan fingerprint density at radius 2 is 1.86 bits per heavy atom. The summed E-state index contributed by atoms with van der Waals surface area (Å²) >= 11 is 7.80. The number of para-hydroxylation sites is 1. The lowest BCUT2D eigenvalue weighted by molar-refractivity contribution is 0.658. The molecule has 0 aliphatic heterocycles. The summed E-state index contributed by atoms with van der Waals surface area (Å²) in [4.78, 5) is 17.4. The molecule has 0 bridgehead atoms. The molecule has 112 valence electrons. The van der Waals surface area contributed by atoms with Crippen LogP contribution >= 0.6 is 23.4 Å². The van der Waals surface area contributed by atoms with Gasteiger partial charge < -0.3 is 0 Å². The Bertz CT molecular complexity index is 876. The third-order valence-corrected chi connectivity index (χ3v) is 4.61. The number of thioether (sulfide) groups is 1. The minimum Gasteiger partial charge on any atom is -0.283 e. The maximum Gasteiger partial charge on any atom is 0.262 e. The van der Waals surface area contributed by atoms with Gasteiger partial charge in [0.15, 0.2) is 5.16 Å². The molecule has 0 atom stereocenters. The molecule has 0 N–H and O–H groups in total. The van der Waals surface area contributed by atoms with Crippen molar-refractivity contribution < 1.29 is 0 Å². The summed E-state index contributed by atoms with van der Waals surface area (Å²) in [7, 11) is 0. The summed E-state index contributed by atoms with van der Waals surface area (Å²) < 4.78 is 1.71. The third-order valence-electron chi connectivity index (χ3n) is 3.39. The molecule has 22 heavy (non-hydrogen) atoms. The van der Waals surface area contributed by atoms with Gasteiger partial charge in [-0.15, -0.1) is 0 Å². The van der Waals surface area contributed by atoms with Crippen molar-refractivity contribution in [3.8, 4) is 0 Å². The summed E-state index contributed by atoms with van der Waals surface area (Å²) in [6.45, 7) is 2.48. The number of nitrogens with zero attached hydrogens (tertiary/aromatic N) is 2. The van der Waals surface area contributed by atoms with Crippen LogP contribution < -0.4 is 5.56 Å². The van der Waals surface area contributed by atoms with Crippen molar-refractivity contribution in [2.45, 2.75) is 18.6 Å². The van der Waals surface area contributed by atoms with Gasteiger partial charge in [0.1, 0.15) is 0 Å². The van der Waals surface area contributed by atoms with E-state index in [1.165, 1.54) is 0 Å². The Kier molecular flexibility index (Phi) is 4.50. The lowest BCUT2D eigenvalue weighted by Gasteiger charge is -2.13. The Morgan fingerprint density at radius 3 is 2.64 bits per heavy atom. The topological polar surface area (TPSA) is 34.9 Å². The van der Waals surface area contributed by atoms with Crippen LogP contribution in [0.25, 0.3) is 10.9 Å². The lowest BCUT2D eigenvalue weighted by atomic mass is 10.2. The first kappa shape index (κ1) is 15.1. The molecule has 2 aromatic carbocycles. The zero-order chi connectivity index (χ0) is 15.5. The fourth-order valence-electron chi connectivity index (χ4n) is 2.32. The molecular formula is C17H15ClN2OS. The molecular weight excluding hydrogens is 316 g/mol. The molecule has 3 aromatic rings. The average Bonchev–Trinajstić information content (AvgIpc) is 2.53. The zero-order valence-electron chi connectivity index (χ0n) is 12.1. The molecule has 1 heterocycles. The fourth-order valence-corrected chi connectivity index (χ4v) is 3.24. The van der Waals surface area contributed by atoms with Gasteiger partial charge in [0, 0.05) is 5.02 Å². The van der Waals surface area contributed by atoms with E-state index in [9.17, 15) is 4.79 Å². The molecule has 0 fully saturated rings. The van der Waals surface area contributed by atoms with Gasteiger partial charge in [-0.05, 0) is 29.5 Å². The normalized spacial score (nSPS) is 11.0. The van der Waals surface area contributed by atoms with E-state index in [-0.39, 0.29) is 5.56 Å². The quantitative estimate of drug-likeness (QED) is 0.531. The molecule has 0 aliphatic carbocycles. The molecule has 3 nitrogen and oxygen atoms in total. The van der Waals surface area contributed by atoms with Gasteiger partial charge >= 0.3 is 0 Å². The molecule has 0 spiro atoms. The number of hydrogen-bond donors (Lipinski definition) is 0. The smallest absolute Gasteiger partial charge is 0.262 e. The summed E-state index contributed by atoms with van der Waals surface area (Å²) in [6.07, 6.45) is 0. The van der Waals surface area contributed by atoms with Crippen LogP contribution in [-0.2, 0) is 6.54 Å². The van der Waals surface area contributed by atoms with Gasteiger partial charge in [-0.1, -0.05) is 60.6 Å². The molecule has 0 amide bonds. The predicted octanol–water partition coefficient (Wildman–Crippen LogP) is 4.21. The van der Waals surface area contributed by atoms with Gasteiger partial charge in [-0.3, -0.25) is 9.36 Å². The Labute approximate surface area is 138 Å². The maximum absolute atomic E-state index is 12.8. The Hall–Kier alpha value is -1.78. The second kappa shape index (κ2) is 6.55. The van der Waals surface area contributed by atoms with Crippen molar-refractivity contribution in [2.75, 3.05) is 5.75 Å². The van der Waals surface area contributed by atoms with Crippen molar-refractivity contribution in [1.29, 1.82) is 0 Å². The summed E-state index contributed by atoms with van der Waals surface area (Å²) in [5.74, 6) is 0.854. The van der Waals surface area contributed by atoms with Crippen molar-refractivity contribution >= 4 is 34.3 Å². The average molecular weight is 331 g/mol. The van der Waals surface area contributed by atoms with Crippen molar-refractivity contribution in [1.82, 2.24) is 9.55 Å². The molecule has 0 saturated heterocycles. The van der Waals surface area contributed by atoms with Crippen LogP contribution in [-0.4, -0.2) is 15.3 Å². The van der Waals surface area contributed by atoms with Crippen molar-refractivity contribution in [3.63, 3.8) is 0 Å². The number of hydrogen-bond acceptors (Lipinski definition) is 3. The van der Waals surface area contributed by atoms with Crippen LogP contribution in [0.4, 0.5) is 0 Å².